The molecule has 0 aromatic heterocycles. The first-order valence-electron chi connectivity index (χ1n) is 8.29. The van der Waals surface area contributed by atoms with Crippen molar-refractivity contribution in [2.45, 2.75) is 0 Å². The van der Waals surface area contributed by atoms with E-state index in [1.54, 1.807) is 24.3 Å². The van der Waals surface area contributed by atoms with Crippen molar-refractivity contribution in [2.24, 2.45) is 4.99 Å². The second-order valence-corrected chi connectivity index (χ2v) is 5.80. The lowest BCUT2D eigenvalue weighted by Gasteiger charge is -2.05. The molecular formula is C22H14FNO3. The Balaban J connectivity index is 1.61. The molecule has 4 rings (SSSR count). The molecule has 0 atom stereocenters. The fraction of sp³-hybridized carbons (Fsp3) is 0. The Morgan fingerprint density at radius 2 is 1.63 bits per heavy atom. The van der Waals surface area contributed by atoms with Gasteiger partial charge in [0.2, 0.25) is 5.90 Å². The Bertz CT molecular complexity index is 1060. The van der Waals surface area contributed by atoms with Gasteiger partial charge in [0.1, 0.15) is 17.3 Å². The van der Waals surface area contributed by atoms with E-state index in [4.69, 9.17) is 9.47 Å². The summed E-state index contributed by atoms with van der Waals surface area (Å²) < 4.78 is 24.8. The minimum atomic E-state index is -0.623. The molecule has 0 amide bonds. The van der Waals surface area contributed by atoms with Crippen molar-refractivity contribution in [3.05, 3.63) is 102 Å². The first-order chi connectivity index (χ1) is 13.2. The summed E-state index contributed by atoms with van der Waals surface area (Å²) in [6, 6.07) is 22.6. The number of para-hydroxylation sites is 1. The van der Waals surface area contributed by atoms with Gasteiger partial charge in [0.25, 0.3) is 0 Å². The van der Waals surface area contributed by atoms with E-state index < -0.39 is 11.8 Å². The Morgan fingerprint density at radius 3 is 2.44 bits per heavy atom. The normalized spacial score (nSPS) is 14.8. The third kappa shape index (κ3) is 3.77. The zero-order chi connectivity index (χ0) is 18.6. The summed E-state index contributed by atoms with van der Waals surface area (Å²) in [7, 11) is 0. The van der Waals surface area contributed by atoms with Gasteiger partial charge in [-0.2, -0.15) is 0 Å². The standard InChI is InChI=1S/C22H14FNO3/c23-19-12-5-4-11-18(19)21-24-20(22(25)27-21)14-15-7-6-10-17(13-15)26-16-8-2-1-3-9-16/h1-14H. The number of hydrogen-bond donors (Lipinski definition) is 0. The molecule has 1 aliphatic heterocycles. The van der Waals surface area contributed by atoms with Crippen molar-refractivity contribution in [3.8, 4) is 11.5 Å². The molecule has 0 bridgehead atoms. The Morgan fingerprint density at radius 1 is 0.889 bits per heavy atom. The number of esters is 1. The van der Waals surface area contributed by atoms with Gasteiger partial charge in [0.05, 0.1) is 5.56 Å². The topological polar surface area (TPSA) is 47.9 Å². The Labute approximate surface area is 155 Å². The summed E-state index contributed by atoms with van der Waals surface area (Å²) in [4.78, 5) is 16.2. The van der Waals surface area contributed by atoms with E-state index in [0.717, 1.165) is 0 Å². The van der Waals surface area contributed by atoms with Gasteiger partial charge >= 0.3 is 5.97 Å². The highest BCUT2D eigenvalue weighted by Crippen LogP contribution is 2.25. The molecule has 3 aromatic rings. The maximum Gasteiger partial charge on any atom is 0.363 e. The highest BCUT2D eigenvalue weighted by molar-refractivity contribution is 6.12. The van der Waals surface area contributed by atoms with Crippen LogP contribution in [0.4, 0.5) is 4.39 Å². The second kappa shape index (κ2) is 7.25. The van der Waals surface area contributed by atoms with Crippen LogP contribution in [0.3, 0.4) is 0 Å². The molecule has 5 heteroatoms. The zero-order valence-corrected chi connectivity index (χ0v) is 14.1. The minimum Gasteiger partial charge on any atom is -0.457 e. The zero-order valence-electron chi connectivity index (χ0n) is 14.1. The van der Waals surface area contributed by atoms with Crippen molar-refractivity contribution in [1.29, 1.82) is 0 Å². The first-order valence-corrected chi connectivity index (χ1v) is 8.29. The summed E-state index contributed by atoms with van der Waals surface area (Å²) in [5.41, 5.74) is 0.967. The Kier molecular flexibility index (Phi) is 4.49. The van der Waals surface area contributed by atoms with Gasteiger partial charge in [-0.25, -0.2) is 14.2 Å². The third-order valence-corrected chi connectivity index (χ3v) is 3.87. The van der Waals surface area contributed by atoms with Crippen LogP contribution in [0.5, 0.6) is 11.5 Å². The van der Waals surface area contributed by atoms with Gasteiger partial charge in [-0.3, -0.25) is 0 Å². The van der Waals surface area contributed by atoms with Crippen LogP contribution in [0, 0.1) is 5.82 Å². The molecule has 0 aliphatic carbocycles. The van der Waals surface area contributed by atoms with Crippen molar-refractivity contribution in [3.63, 3.8) is 0 Å². The smallest absolute Gasteiger partial charge is 0.363 e. The van der Waals surface area contributed by atoms with Crippen LogP contribution in [-0.2, 0) is 9.53 Å². The summed E-state index contributed by atoms with van der Waals surface area (Å²) in [6.45, 7) is 0. The quantitative estimate of drug-likeness (QED) is 0.488. The van der Waals surface area contributed by atoms with Gasteiger partial charge in [0, 0.05) is 0 Å². The van der Waals surface area contributed by atoms with Gasteiger partial charge < -0.3 is 9.47 Å². The van der Waals surface area contributed by atoms with Crippen LogP contribution in [-0.4, -0.2) is 11.9 Å². The average Bonchev–Trinajstić information content (AvgIpc) is 3.03. The van der Waals surface area contributed by atoms with Crippen LogP contribution in [0.2, 0.25) is 0 Å². The SMILES string of the molecule is O=C1OC(c2ccccc2F)=NC1=Cc1cccc(Oc2ccccc2)c1. The molecule has 0 spiro atoms. The van der Waals surface area contributed by atoms with Gasteiger partial charge in [-0.1, -0.05) is 42.5 Å². The largest absolute Gasteiger partial charge is 0.457 e. The average molecular weight is 359 g/mol. The van der Waals surface area contributed by atoms with E-state index in [9.17, 15) is 9.18 Å². The maximum absolute atomic E-state index is 13.9. The summed E-state index contributed by atoms with van der Waals surface area (Å²) in [5.74, 6) is 0.176. The van der Waals surface area contributed by atoms with E-state index >= 15 is 0 Å². The van der Waals surface area contributed by atoms with E-state index in [2.05, 4.69) is 4.99 Å². The molecule has 3 aromatic carbocycles. The molecule has 1 heterocycles. The van der Waals surface area contributed by atoms with Crippen molar-refractivity contribution < 1.29 is 18.7 Å². The number of nitrogens with zero attached hydrogens (tertiary/aromatic N) is 1. The number of rotatable bonds is 4. The number of carbonyl (C=O) groups excluding carboxylic acids is 1. The van der Waals surface area contributed by atoms with Crippen LogP contribution < -0.4 is 4.74 Å². The molecule has 27 heavy (non-hydrogen) atoms. The van der Waals surface area contributed by atoms with Crippen LogP contribution >= 0.6 is 0 Å². The molecule has 0 radical (unpaired) electrons. The maximum atomic E-state index is 13.9. The van der Waals surface area contributed by atoms with Crippen LogP contribution in [0.1, 0.15) is 11.1 Å². The molecule has 4 nitrogen and oxygen atoms in total. The monoisotopic (exact) mass is 359 g/mol. The molecule has 0 N–H and O–H groups in total. The number of cyclic esters (lactones) is 1. The number of aliphatic imine (C=N–C) groups is 1. The molecule has 1 aliphatic rings. The number of benzene rings is 3. The van der Waals surface area contributed by atoms with Crippen molar-refractivity contribution in [1.82, 2.24) is 0 Å². The predicted molar refractivity (Wildman–Crippen MR) is 100.0 cm³/mol. The number of hydrogen-bond acceptors (Lipinski definition) is 4. The highest BCUT2D eigenvalue weighted by atomic mass is 19.1. The fourth-order valence-electron chi connectivity index (χ4n) is 2.61. The van der Waals surface area contributed by atoms with Gasteiger partial charge in [-0.15, -0.1) is 0 Å². The first kappa shape index (κ1) is 16.7. The van der Waals surface area contributed by atoms with Crippen LogP contribution in [0.25, 0.3) is 6.08 Å². The predicted octanol–water partition coefficient (Wildman–Crippen LogP) is 4.96. The third-order valence-electron chi connectivity index (χ3n) is 3.87. The van der Waals surface area contributed by atoms with E-state index in [1.807, 2.05) is 48.5 Å². The van der Waals surface area contributed by atoms with Crippen molar-refractivity contribution in [2.75, 3.05) is 0 Å². The Hall–Kier alpha value is -3.73. The molecule has 0 saturated carbocycles. The van der Waals surface area contributed by atoms with Gasteiger partial charge in [0.15, 0.2) is 5.70 Å². The lowest BCUT2D eigenvalue weighted by Crippen LogP contribution is -2.07. The summed E-state index contributed by atoms with van der Waals surface area (Å²) in [5, 5.41) is 0. The molecular weight excluding hydrogens is 345 g/mol. The van der Waals surface area contributed by atoms with Crippen LogP contribution in [0.15, 0.2) is 89.6 Å². The molecule has 0 saturated heterocycles. The molecule has 0 unspecified atom stereocenters. The minimum absolute atomic E-state index is 0.0407. The summed E-state index contributed by atoms with van der Waals surface area (Å²) >= 11 is 0. The highest BCUT2D eigenvalue weighted by Gasteiger charge is 2.25. The lowest BCUT2D eigenvalue weighted by atomic mass is 10.2. The second-order valence-electron chi connectivity index (χ2n) is 5.80. The number of ether oxygens (including phenoxy) is 2. The van der Waals surface area contributed by atoms with E-state index in [0.29, 0.717) is 17.1 Å². The van der Waals surface area contributed by atoms with E-state index in [1.165, 1.54) is 12.1 Å². The summed E-state index contributed by atoms with van der Waals surface area (Å²) in [6.07, 6.45) is 1.58. The molecule has 132 valence electrons. The van der Waals surface area contributed by atoms with Crippen molar-refractivity contribution >= 4 is 17.9 Å². The lowest BCUT2D eigenvalue weighted by molar-refractivity contribution is -0.129. The van der Waals surface area contributed by atoms with Gasteiger partial charge in [-0.05, 0) is 48.0 Å². The fourth-order valence-corrected chi connectivity index (χ4v) is 2.61. The number of halogens is 1. The number of carbonyl (C=O) groups is 1. The molecule has 0 fully saturated rings. The van der Waals surface area contributed by atoms with E-state index in [-0.39, 0.29) is 17.2 Å².